The van der Waals surface area contributed by atoms with Gasteiger partial charge >= 0.3 is 0 Å². The van der Waals surface area contributed by atoms with Gasteiger partial charge in [0.2, 0.25) is 0 Å². The Morgan fingerprint density at radius 2 is 1.65 bits per heavy atom. The quantitative estimate of drug-likeness (QED) is 0.319. The maximum Gasteiger partial charge on any atom is 0.124 e. The van der Waals surface area contributed by atoms with Crippen LogP contribution in [0, 0.1) is 0 Å². The van der Waals surface area contributed by atoms with Crippen LogP contribution in [0.3, 0.4) is 0 Å². The number of hydrogen-bond donors (Lipinski definition) is 2. The summed E-state index contributed by atoms with van der Waals surface area (Å²) in [5.74, 6) is 0.784. The van der Waals surface area contributed by atoms with E-state index in [9.17, 15) is 5.11 Å². The van der Waals surface area contributed by atoms with Gasteiger partial charge in [-0.15, -0.1) is 0 Å². The van der Waals surface area contributed by atoms with Crippen molar-refractivity contribution in [2.75, 3.05) is 6.54 Å². The molecule has 0 aliphatic carbocycles. The van der Waals surface area contributed by atoms with E-state index in [0.717, 1.165) is 33.2 Å². The van der Waals surface area contributed by atoms with E-state index in [4.69, 9.17) is 27.9 Å². The van der Waals surface area contributed by atoms with Gasteiger partial charge in [0.25, 0.3) is 0 Å². The zero-order chi connectivity index (χ0) is 21.6. The van der Waals surface area contributed by atoms with Gasteiger partial charge in [0, 0.05) is 34.3 Å². The van der Waals surface area contributed by atoms with E-state index in [2.05, 4.69) is 23.5 Å². The highest BCUT2D eigenvalue weighted by molar-refractivity contribution is 6.35. The van der Waals surface area contributed by atoms with Crippen LogP contribution < -0.4 is 10.1 Å². The summed E-state index contributed by atoms with van der Waals surface area (Å²) in [6.45, 7) is 1.35. The Labute approximate surface area is 192 Å². The first-order valence-electron chi connectivity index (χ1n) is 10.1. The number of nitrogens with one attached hydrogen (secondary N) is 1. The second-order valence-electron chi connectivity index (χ2n) is 7.35. The van der Waals surface area contributed by atoms with Crippen molar-refractivity contribution in [1.29, 1.82) is 0 Å². The summed E-state index contributed by atoms with van der Waals surface area (Å²) in [6.07, 6.45) is -0.576. The molecule has 0 fully saturated rings. The molecule has 4 aromatic rings. The normalized spacial score (nSPS) is 12.1. The molecule has 2 N–H and O–H groups in total. The first kappa shape index (κ1) is 21.7. The van der Waals surface area contributed by atoms with Gasteiger partial charge in [0.05, 0.1) is 6.10 Å². The van der Waals surface area contributed by atoms with Crippen molar-refractivity contribution in [3.63, 3.8) is 0 Å². The van der Waals surface area contributed by atoms with Crippen LogP contribution in [-0.2, 0) is 13.2 Å². The van der Waals surface area contributed by atoms with Gasteiger partial charge in [0.15, 0.2) is 0 Å². The number of rotatable bonds is 8. The number of ether oxygens (including phenoxy) is 1. The van der Waals surface area contributed by atoms with E-state index >= 15 is 0 Å². The summed E-state index contributed by atoms with van der Waals surface area (Å²) in [6, 6.07) is 27.3. The van der Waals surface area contributed by atoms with Crippen LogP contribution >= 0.6 is 23.2 Å². The summed E-state index contributed by atoms with van der Waals surface area (Å²) in [7, 11) is 0. The van der Waals surface area contributed by atoms with Gasteiger partial charge < -0.3 is 15.2 Å². The molecule has 1 atom stereocenters. The highest BCUT2D eigenvalue weighted by Gasteiger charge is 2.12. The number of hydrogen-bond acceptors (Lipinski definition) is 3. The molecular weight excluding hydrogens is 429 g/mol. The number of benzene rings is 4. The number of aliphatic hydroxyl groups excluding tert-OH is 1. The fourth-order valence-corrected chi connectivity index (χ4v) is 4.02. The predicted octanol–water partition coefficient (Wildman–Crippen LogP) is 6.55. The minimum Gasteiger partial charge on any atom is -0.488 e. The summed E-state index contributed by atoms with van der Waals surface area (Å²) in [5.41, 5.74) is 2.81. The third-order valence-electron chi connectivity index (χ3n) is 5.22. The van der Waals surface area contributed by atoms with E-state index < -0.39 is 6.10 Å². The Hall–Kier alpha value is -2.56. The van der Waals surface area contributed by atoms with Crippen LogP contribution in [0.2, 0.25) is 10.0 Å². The Morgan fingerprint density at radius 3 is 2.45 bits per heavy atom. The molecule has 0 heterocycles. The van der Waals surface area contributed by atoms with Crippen LogP contribution in [0.5, 0.6) is 5.75 Å². The molecule has 0 amide bonds. The lowest BCUT2D eigenvalue weighted by molar-refractivity contribution is 0.174. The molecule has 0 spiro atoms. The summed E-state index contributed by atoms with van der Waals surface area (Å²) >= 11 is 12.3. The molecule has 5 heteroatoms. The lowest BCUT2D eigenvalue weighted by atomic mass is 10.0. The first-order valence-corrected chi connectivity index (χ1v) is 10.9. The van der Waals surface area contributed by atoms with E-state index in [-0.39, 0.29) is 0 Å². The van der Waals surface area contributed by atoms with Crippen molar-refractivity contribution >= 4 is 34.0 Å². The number of aliphatic hydroxyl groups is 1. The van der Waals surface area contributed by atoms with Gasteiger partial charge in [0.1, 0.15) is 12.4 Å². The second kappa shape index (κ2) is 10.2. The van der Waals surface area contributed by atoms with E-state index in [1.54, 1.807) is 12.1 Å². The van der Waals surface area contributed by atoms with Crippen LogP contribution in [0.1, 0.15) is 22.8 Å². The third kappa shape index (κ3) is 5.38. The molecule has 0 saturated carbocycles. The zero-order valence-corrected chi connectivity index (χ0v) is 18.4. The molecule has 3 nitrogen and oxygen atoms in total. The molecule has 4 rings (SSSR count). The third-order valence-corrected chi connectivity index (χ3v) is 5.81. The SMILES string of the molecule is O[C@@H](CNCc1c(OCc2ccc(Cl)cc2Cl)ccc2ccccc12)c1ccccc1. The first-order chi connectivity index (χ1) is 15.1. The van der Waals surface area contributed by atoms with Crippen LogP contribution in [0.15, 0.2) is 84.9 Å². The average molecular weight is 452 g/mol. The zero-order valence-electron chi connectivity index (χ0n) is 16.9. The van der Waals surface area contributed by atoms with Gasteiger partial charge in [-0.3, -0.25) is 0 Å². The fraction of sp³-hybridized carbons (Fsp3) is 0.154. The molecule has 31 heavy (non-hydrogen) atoms. The van der Waals surface area contributed by atoms with Gasteiger partial charge in [-0.2, -0.15) is 0 Å². The van der Waals surface area contributed by atoms with Crippen LogP contribution in [-0.4, -0.2) is 11.7 Å². The summed E-state index contributed by atoms with van der Waals surface area (Å²) in [5, 5.41) is 17.3. The van der Waals surface area contributed by atoms with Gasteiger partial charge in [-0.1, -0.05) is 89.9 Å². The van der Waals surface area contributed by atoms with Crippen molar-refractivity contribution in [2.45, 2.75) is 19.3 Å². The molecule has 158 valence electrons. The largest absolute Gasteiger partial charge is 0.488 e. The Kier molecular flexibility index (Phi) is 7.10. The predicted molar refractivity (Wildman–Crippen MR) is 128 cm³/mol. The van der Waals surface area contributed by atoms with Crippen molar-refractivity contribution in [3.8, 4) is 5.75 Å². The van der Waals surface area contributed by atoms with E-state index in [1.807, 2.05) is 54.6 Å². The smallest absolute Gasteiger partial charge is 0.124 e. The van der Waals surface area contributed by atoms with E-state index in [0.29, 0.717) is 29.7 Å². The maximum absolute atomic E-state index is 10.5. The molecule has 0 saturated heterocycles. The van der Waals surface area contributed by atoms with Crippen molar-refractivity contribution < 1.29 is 9.84 Å². The molecular formula is C26H23Cl2NO2. The summed E-state index contributed by atoms with van der Waals surface area (Å²) in [4.78, 5) is 0. The minimum atomic E-state index is -0.576. The van der Waals surface area contributed by atoms with Crippen molar-refractivity contribution in [2.24, 2.45) is 0 Å². The number of fused-ring (bicyclic) bond motifs is 1. The average Bonchev–Trinajstić information content (AvgIpc) is 2.79. The lowest BCUT2D eigenvalue weighted by Gasteiger charge is -2.17. The maximum atomic E-state index is 10.5. The Balaban J connectivity index is 1.52. The monoisotopic (exact) mass is 451 g/mol. The van der Waals surface area contributed by atoms with Gasteiger partial charge in [-0.05, 0) is 34.5 Å². The topological polar surface area (TPSA) is 41.5 Å². The van der Waals surface area contributed by atoms with Crippen molar-refractivity contribution in [3.05, 3.63) is 112 Å². The molecule has 0 bridgehead atoms. The van der Waals surface area contributed by atoms with Crippen molar-refractivity contribution in [1.82, 2.24) is 5.32 Å². The minimum absolute atomic E-state index is 0.341. The van der Waals surface area contributed by atoms with Crippen LogP contribution in [0.25, 0.3) is 10.8 Å². The molecule has 0 unspecified atom stereocenters. The molecule has 0 aliphatic rings. The Morgan fingerprint density at radius 1 is 0.871 bits per heavy atom. The standard InChI is InChI=1S/C26H23Cl2NO2/c27-21-12-10-20(24(28)14-21)17-31-26-13-11-18-6-4-5-9-22(18)23(26)15-29-16-25(30)19-7-2-1-3-8-19/h1-14,25,29-30H,15-17H2/t25-/m0/s1. The molecule has 0 aliphatic heterocycles. The molecule has 0 aromatic heterocycles. The Bertz CT molecular complexity index is 1160. The van der Waals surface area contributed by atoms with E-state index in [1.165, 1.54) is 0 Å². The number of halogens is 2. The van der Waals surface area contributed by atoms with Gasteiger partial charge in [-0.25, -0.2) is 0 Å². The molecule has 4 aromatic carbocycles. The van der Waals surface area contributed by atoms with Crippen LogP contribution in [0.4, 0.5) is 0 Å². The lowest BCUT2D eigenvalue weighted by Crippen LogP contribution is -2.21. The summed E-state index contributed by atoms with van der Waals surface area (Å²) < 4.78 is 6.16. The highest BCUT2D eigenvalue weighted by atomic mass is 35.5. The second-order valence-corrected chi connectivity index (χ2v) is 8.19. The highest BCUT2D eigenvalue weighted by Crippen LogP contribution is 2.30. The molecule has 0 radical (unpaired) electrons. The fourth-order valence-electron chi connectivity index (χ4n) is 3.55.